The SMILES string of the molecule is CCCCCCCCCCCC(O)C(CCCCCCCCCC)C(=O)OC. The van der Waals surface area contributed by atoms with Crippen LogP contribution in [0.15, 0.2) is 0 Å². The Balaban J connectivity index is 3.82. The molecule has 3 nitrogen and oxygen atoms in total. The van der Waals surface area contributed by atoms with Crippen LogP contribution in [0, 0.1) is 5.92 Å². The summed E-state index contributed by atoms with van der Waals surface area (Å²) in [6.45, 7) is 4.49. The third kappa shape index (κ3) is 16.4. The second kappa shape index (κ2) is 21.1. The second-order valence-corrected chi connectivity index (χ2v) is 8.58. The summed E-state index contributed by atoms with van der Waals surface area (Å²) in [5.74, 6) is -0.564. The van der Waals surface area contributed by atoms with Crippen molar-refractivity contribution in [2.75, 3.05) is 7.11 Å². The van der Waals surface area contributed by atoms with Crippen LogP contribution in [0.25, 0.3) is 0 Å². The van der Waals surface area contributed by atoms with Gasteiger partial charge in [-0.25, -0.2) is 0 Å². The van der Waals surface area contributed by atoms with Gasteiger partial charge in [-0.1, -0.05) is 123 Å². The van der Waals surface area contributed by atoms with Crippen LogP contribution < -0.4 is 0 Å². The molecule has 0 saturated heterocycles. The first-order chi connectivity index (χ1) is 13.7. The van der Waals surface area contributed by atoms with Gasteiger partial charge in [-0.15, -0.1) is 0 Å². The van der Waals surface area contributed by atoms with Gasteiger partial charge in [0.25, 0.3) is 0 Å². The molecule has 0 amide bonds. The van der Waals surface area contributed by atoms with Gasteiger partial charge in [-0.3, -0.25) is 4.79 Å². The van der Waals surface area contributed by atoms with Crippen molar-refractivity contribution in [3.8, 4) is 0 Å². The zero-order valence-corrected chi connectivity index (χ0v) is 19.4. The van der Waals surface area contributed by atoms with E-state index in [9.17, 15) is 9.90 Å². The molecule has 0 radical (unpaired) electrons. The van der Waals surface area contributed by atoms with E-state index in [1.807, 2.05) is 0 Å². The van der Waals surface area contributed by atoms with Crippen LogP contribution in [0.1, 0.15) is 136 Å². The number of hydrogen-bond donors (Lipinski definition) is 1. The lowest BCUT2D eigenvalue weighted by Gasteiger charge is -2.20. The summed E-state index contributed by atoms with van der Waals surface area (Å²) < 4.78 is 4.95. The highest BCUT2D eigenvalue weighted by Gasteiger charge is 2.26. The van der Waals surface area contributed by atoms with Crippen LogP contribution >= 0.6 is 0 Å². The first kappa shape index (κ1) is 27.4. The minimum Gasteiger partial charge on any atom is -0.469 e. The molecule has 0 rings (SSSR count). The van der Waals surface area contributed by atoms with E-state index in [0.717, 1.165) is 38.5 Å². The molecule has 0 saturated carbocycles. The van der Waals surface area contributed by atoms with E-state index >= 15 is 0 Å². The summed E-state index contributed by atoms with van der Waals surface area (Å²) in [7, 11) is 1.44. The summed E-state index contributed by atoms with van der Waals surface area (Å²) in [5, 5.41) is 10.5. The molecule has 0 aliphatic heterocycles. The van der Waals surface area contributed by atoms with E-state index in [-0.39, 0.29) is 11.9 Å². The Labute approximate surface area is 176 Å². The van der Waals surface area contributed by atoms with Crippen LogP contribution in [0.2, 0.25) is 0 Å². The minimum absolute atomic E-state index is 0.230. The molecule has 0 aliphatic rings. The summed E-state index contributed by atoms with van der Waals surface area (Å²) in [6, 6.07) is 0. The fourth-order valence-electron chi connectivity index (χ4n) is 3.98. The lowest BCUT2D eigenvalue weighted by atomic mass is 9.91. The first-order valence-corrected chi connectivity index (χ1v) is 12.4. The topological polar surface area (TPSA) is 46.5 Å². The smallest absolute Gasteiger partial charge is 0.311 e. The molecule has 0 aliphatic carbocycles. The standard InChI is InChI=1S/C25H50O3/c1-4-6-8-10-12-14-16-18-20-22-24(26)23(25(27)28-3)21-19-17-15-13-11-9-7-5-2/h23-24,26H,4-22H2,1-3H3. The van der Waals surface area contributed by atoms with Crippen molar-refractivity contribution in [1.29, 1.82) is 0 Å². The van der Waals surface area contributed by atoms with E-state index in [2.05, 4.69) is 13.8 Å². The quantitative estimate of drug-likeness (QED) is 0.160. The van der Waals surface area contributed by atoms with E-state index in [1.54, 1.807) is 0 Å². The Bertz CT molecular complexity index is 330. The predicted molar refractivity (Wildman–Crippen MR) is 121 cm³/mol. The van der Waals surface area contributed by atoms with Crippen molar-refractivity contribution in [3.63, 3.8) is 0 Å². The maximum Gasteiger partial charge on any atom is 0.311 e. The molecule has 2 unspecified atom stereocenters. The lowest BCUT2D eigenvalue weighted by Crippen LogP contribution is -2.29. The van der Waals surface area contributed by atoms with Crippen LogP contribution in [-0.4, -0.2) is 24.3 Å². The summed E-state index contributed by atoms with van der Waals surface area (Å²) in [4.78, 5) is 12.1. The molecule has 0 aromatic rings. The monoisotopic (exact) mass is 398 g/mol. The summed E-state index contributed by atoms with van der Waals surface area (Å²) >= 11 is 0. The third-order valence-electron chi connectivity index (χ3n) is 5.94. The van der Waals surface area contributed by atoms with Gasteiger partial charge in [0, 0.05) is 0 Å². The highest BCUT2D eigenvalue weighted by Crippen LogP contribution is 2.21. The van der Waals surface area contributed by atoms with E-state index in [1.165, 1.54) is 90.6 Å². The van der Waals surface area contributed by atoms with Crippen molar-refractivity contribution in [2.45, 2.75) is 142 Å². The number of unbranched alkanes of at least 4 members (excludes halogenated alkanes) is 15. The Morgan fingerprint density at radius 1 is 0.643 bits per heavy atom. The Kier molecular flexibility index (Phi) is 20.7. The van der Waals surface area contributed by atoms with Crippen LogP contribution in [0.5, 0.6) is 0 Å². The summed E-state index contributed by atoms with van der Waals surface area (Å²) in [5.41, 5.74) is 0. The van der Waals surface area contributed by atoms with Crippen molar-refractivity contribution in [3.05, 3.63) is 0 Å². The highest BCUT2D eigenvalue weighted by molar-refractivity contribution is 5.72. The predicted octanol–water partition coefficient (Wildman–Crippen LogP) is 7.59. The fraction of sp³-hybridized carbons (Fsp3) is 0.960. The number of methoxy groups -OCH3 is 1. The largest absolute Gasteiger partial charge is 0.469 e. The van der Waals surface area contributed by atoms with E-state index in [0.29, 0.717) is 0 Å². The minimum atomic E-state index is -0.540. The fourth-order valence-corrected chi connectivity index (χ4v) is 3.98. The molecule has 0 aromatic heterocycles. The molecule has 0 heterocycles. The highest BCUT2D eigenvalue weighted by atomic mass is 16.5. The van der Waals surface area contributed by atoms with Crippen molar-refractivity contribution < 1.29 is 14.6 Å². The molecule has 0 fully saturated rings. The number of carbonyl (C=O) groups excluding carboxylic acids is 1. The molecule has 0 bridgehead atoms. The van der Waals surface area contributed by atoms with Crippen LogP contribution in [-0.2, 0) is 9.53 Å². The van der Waals surface area contributed by atoms with Gasteiger partial charge in [0.15, 0.2) is 0 Å². The molecule has 0 aromatic carbocycles. The Morgan fingerprint density at radius 3 is 1.39 bits per heavy atom. The molecule has 0 spiro atoms. The van der Waals surface area contributed by atoms with Gasteiger partial charge in [0.2, 0.25) is 0 Å². The van der Waals surface area contributed by atoms with Crippen molar-refractivity contribution in [2.24, 2.45) is 5.92 Å². The Morgan fingerprint density at radius 2 is 1.00 bits per heavy atom. The van der Waals surface area contributed by atoms with Gasteiger partial charge in [0.05, 0.1) is 19.1 Å². The van der Waals surface area contributed by atoms with Gasteiger partial charge >= 0.3 is 5.97 Å². The van der Waals surface area contributed by atoms with Gasteiger partial charge in [-0.2, -0.15) is 0 Å². The van der Waals surface area contributed by atoms with Gasteiger partial charge in [0.1, 0.15) is 0 Å². The average molecular weight is 399 g/mol. The molecule has 168 valence electrons. The lowest BCUT2D eigenvalue weighted by molar-refractivity contribution is -0.150. The summed E-state index contributed by atoms with van der Waals surface area (Å²) in [6.07, 6.45) is 22.4. The van der Waals surface area contributed by atoms with Crippen LogP contribution in [0.3, 0.4) is 0 Å². The zero-order valence-electron chi connectivity index (χ0n) is 19.4. The molecule has 28 heavy (non-hydrogen) atoms. The molecule has 1 N–H and O–H groups in total. The van der Waals surface area contributed by atoms with Gasteiger partial charge in [-0.05, 0) is 12.8 Å². The molecular weight excluding hydrogens is 348 g/mol. The number of hydrogen-bond acceptors (Lipinski definition) is 3. The van der Waals surface area contributed by atoms with Crippen molar-refractivity contribution >= 4 is 5.97 Å². The number of rotatable bonds is 21. The van der Waals surface area contributed by atoms with E-state index < -0.39 is 6.10 Å². The molecule has 3 heteroatoms. The number of aliphatic hydroxyl groups excluding tert-OH is 1. The first-order valence-electron chi connectivity index (χ1n) is 12.4. The number of carbonyl (C=O) groups is 1. The number of esters is 1. The number of ether oxygens (including phenoxy) is 1. The second-order valence-electron chi connectivity index (χ2n) is 8.58. The van der Waals surface area contributed by atoms with Crippen molar-refractivity contribution in [1.82, 2.24) is 0 Å². The van der Waals surface area contributed by atoms with Gasteiger partial charge < -0.3 is 9.84 Å². The zero-order chi connectivity index (χ0) is 20.9. The maximum absolute atomic E-state index is 12.1. The Hall–Kier alpha value is -0.570. The van der Waals surface area contributed by atoms with Crippen LogP contribution in [0.4, 0.5) is 0 Å². The molecular formula is C25H50O3. The average Bonchev–Trinajstić information content (AvgIpc) is 2.70. The third-order valence-corrected chi connectivity index (χ3v) is 5.94. The maximum atomic E-state index is 12.1. The molecule has 2 atom stereocenters. The normalized spacial score (nSPS) is 13.4. The number of aliphatic hydroxyl groups is 1. The van der Waals surface area contributed by atoms with E-state index in [4.69, 9.17) is 4.74 Å².